The normalized spacial score (nSPS) is 36.9. The van der Waals surface area contributed by atoms with Gasteiger partial charge in [0.05, 0.1) is 24.2 Å². The molecule has 2 fully saturated rings. The Labute approximate surface area is 196 Å². The van der Waals surface area contributed by atoms with E-state index in [1.165, 1.54) is 0 Å². The molecule has 0 bridgehead atoms. The van der Waals surface area contributed by atoms with Gasteiger partial charge in [0, 0.05) is 0 Å². The fraction of sp³-hybridized carbons (Fsp3) is 0.963. The summed E-state index contributed by atoms with van der Waals surface area (Å²) in [5, 5.41) is 42.4. The number of carbonyl (C=O) groups is 1. The van der Waals surface area contributed by atoms with Crippen LogP contribution in [0.4, 0.5) is 0 Å². The van der Waals surface area contributed by atoms with Gasteiger partial charge in [0.2, 0.25) is 0 Å². The lowest BCUT2D eigenvalue weighted by Crippen LogP contribution is -2.57. The predicted molar refractivity (Wildman–Crippen MR) is 128 cm³/mol. The molecule has 5 nitrogen and oxygen atoms in total. The van der Waals surface area contributed by atoms with Crippen molar-refractivity contribution in [2.45, 2.75) is 118 Å². The highest BCUT2D eigenvalue weighted by Gasteiger charge is 2.61. The first-order chi connectivity index (χ1) is 14.8. The van der Waals surface area contributed by atoms with E-state index in [1.807, 2.05) is 13.8 Å². The fourth-order valence-electron chi connectivity index (χ4n) is 7.59. The number of carboxylic acid groups (broad SMARTS) is 1. The largest absolute Gasteiger partial charge is 0.481 e. The van der Waals surface area contributed by atoms with Crippen molar-refractivity contribution in [2.24, 2.45) is 46.3 Å². The molecule has 5 heteroatoms. The van der Waals surface area contributed by atoms with E-state index in [4.69, 9.17) is 0 Å². The van der Waals surface area contributed by atoms with Crippen LogP contribution < -0.4 is 0 Å². The Balaban J connectivity index is 2.33. The van der Waals surface area contributed by atoms with Crippen LogP contribution in [-0.2, 0) is 4.79 Å². The zero-order chi connectivity index (χ0) is 24.4. The van der Waals surface area contributed by atoms with E-state index in [2.05, 4.69) is 27.7 Å². The van der Waals surface area contributed by atoms with Crippen molar-refractivity contribution >= 4 is 5.97 Å². The van der Waals surface area contributed by atoms with E-state index in [-0.39, 0.29) is 52.4 Å². The molecule has 0 aromatic rings. The average Bonchev–Trinajstić information content (AvgIpc) is 3.09. The number of fused-ring (bicyclic) bond motifs is 1. The van der Waals surface area contributed by atoms with Gasteiger partial charge in [0.1, 0.15) is 0 Å². The second-order valence-corrected chi connectivity index (χ2v) is 12.1. The maximum absolute atomic E-state index is 11.6. The number of hydrogen-bond acceptors (Lipinski definition) is 4. The zero-order valence-corrected chi connectivity index (χ0v) is 21.6. The van der Waals surface area contributed by atoms with Gasteiger partial charge < -0.3 is 20.4 Å². The topological polar surface area (TPSA) is 98.0 Å². The molecule has 188 valence electrons. The molecule has 0 heterocycles. The lowest BCUT2D eigenvalue weighted by atomic mass is 9.49. The monoisotopic (exact) mass is 454 g/mol. The van der Waals surface area contributed by atoms with Crippen LogP contribution in [0.5, 0.6) is 0 Å². The number of hydrogen-bond donors (Lipinski definition) is 4. The van der Waals surface area contributed by atoms with Gasteiger partial charge in [-0.3, -0.25) is 4.79 Å². The minimum Gasteiger partial charge on any atom is -0.481 e. The van der Waals surface area contributed by atoms with E-state index >= 15 is 0 Å². The molecule has 4 N–H and O–H groups in total. The second kappa shape index (κ2) is 10.7. The Hall–Kier alpha value is -0.650. The Morgan fingerprint density at radius 3 is 2.28 bits per heavy atom. The summed E-state index contributed by atoms with van der Waals surface area (Å²) >= 11 is 0. The van der Waals surface area contributed by atoms with Crippen molar-refractivity contribution < 1.29 is 25.2 Å². The zero-order valence-electron chi connectivity index (χ0n) is 21.6. The van der Waals surface area contributed by atoms with Gasteiger partial charge in [-0.05, 0) is 91.8 Å². The SMILES string of the molecule is CC[C@H](O)CCC(C)(C)C1C[C@H](O)[C@@]2(C)C(CC[C@@H]2[C@H](C)C[C@H](C)C(=O)O)C1[C@H](O)CC. The van der Waals surface area contributed by atoms with E-state index in [0.29, 0.717) is 19.3 Å². The smallest absolute Gasteiger partial charge is 0.306 e. The standard InChI is InChI=1S/C27H50O5/c1-8-18(28)12-13-26(5,6)21-15-23(30)27(7)19(16(3)14-17(4)25(31)32)10-11-20(27)24(21)22(29)9-2/h16-24,28-30H,8-15H2,1-7H3,(H,31,32)/t16-,17+,18+,19-,20?,21?,22-,23+,24?,27-/m1/s1. The average molecular weight is 455 g/mol. The van der Waals surface area contributed by atoms with Crippen molar-refractivity contribution in [1.82, 2.24) is 0 Å². The quantitative estimate of drug-likeness (QED) is 0.348. The minimum absolute atomic E-state index is 0.0825. The number of aliphatic hydroxyl groups excluding tert-OH is 3. The summed E-state index contributed by atoms with van der Waals surface area (Å²) in [4.78, 5) is 11.4. The summed E-state index contributed by atoms with van der Waals surface area (Å²) in [7, 11) is 0. The van der Waals surface area contributed by atoms with Crippen molar-refractivity contribution in [2.75, 3.05) is 0 Å². The van der Waals surface area contributed by atoms with Crippen molar-refractivity contribution in [3.8, 4) is 0 Å². The number of aliphatic hydroxyl groups is 3. The van der Waals surface area contributed by atoms with Crippen LogP contribution in [0.1, 0.15) is 99.8 Å². The molecule has 0 spiro atoms. The highest BCUT2D eigenvalue weighted by molar-refractivity contribution is 5.69. The highest BCUT2D eigenvalue weighted by Crippen LogP contribution is 2.64. The highest BCUT2D eigenvalue weighted by atomic mass is 16.4. The van der Waals surface area contributed by atoms with E-state index in [1.54, 1.807) is 6.92 Å². The number of carboxylic acids is 1. The van der Waals surface area contributed by atoms with Gasteiger partial charge in [-0.2, -0.15) is 0 Å². The Morgan fingerprint density at radius 1 is 1.12 bits per heavy atom. The third-order valence-corrected chi connectivity index (χ3v) is 9.80. The van der Waals surface area contributed by atoms with Crippen molar-refractivity contribution in [1.29, 1.82) is 0 Å². The molecule has 2 saturated carbocycles. The van der Waals surface area contributed by atoms with Gasteiger partial charge >= 0.3 is 5.97 Å². The summed E-state index contributed by atoms with van der Waals surface area (Å²) in [6.45, 7) is 14.7. The molecule has 0 radical (unpaired) electrons. The van der Waals surface area contributed by atoms with Crippen molar-refractivity contribution in [3.05, 3.63) is 0 Å². The Bertz CT molecular complexity index is 619. The van der Waals surface area contributed by atoms with Gasteiger partial charge in [0.15, 0.2) is 0 Å². The van der Waals surface area contributed by atoms with Crippen LogP contribution in [0.15, 0.2) is 0 Å². The Kier molecular flexibility index (Phi) is 9.26. The lowest BCUT2D eigenvalue weighted by Gasteiger charge is -2.57. The number of aliphatic carboxylic acids is 1. The van der Waals surface area contributed by atoms with Crippen LogP contribution in [0, 0.1) is 46.3 Å². The van der Waals surface area contributed by atoms with E-state index < -0.39 is 18.2 Å². The molecular formula is C27H50O5. The molecule has 0 aromatic heterocycles. The molecule has 0 aliphatic heterocycles. The molecule has 2 rings (SSSR count). The van der Waals surface area contributed by atoms with Gasteiger partial charge in [0.25, 0.3) is 0 Å². The van der Waals surface area contributed by atoms with Crippen LogP contribution in [0.3, 0.4) is 0 Å². The maximum atomic E-state index is 11.6. The Morgan fingerprint density at radius 2 is 1.75 bits per heavy atom. The molecule has 0 amide bonds. The molecular weight excluding hydrogens is 404 g/mol. The third kappa shape index (κ3) is 5.36. The molecule has 0 saturated heterocycles. The molecule has 32 heavy (non-hydrogen) atoms. The molecule has 0 aromatic carbocycles. The first-order valence-corrected chi connectivity index (χ1v) is 13.1. The van der Waals surface area contributed by atoms with Crippen LogP contribution in [0.2, 0.25) is 0 Å². The first kappa shape index (κ1) is 27.6. The molecule has 10 atom stereocenters. The van der Waals surface area contributed by atoms with Crippen LogP contribution in [-0.4, -0.2) is 44.7 Å². The first-order valence-electron chi connectivity index (χ1n) is 13.1. The van der Waals surface area contributed by atoms with Crippen LogP contribution in [0.25, 0.3) is 0 Å². The van der Waals surface area contributed by atoms with Gasteiger partial charge in [-0.25, -0.2) is 0 Å². The lowest BCUT2D eigenvalue weighted by molar-refractivity contribution is -0.160. The van der Waals surface area contributed by atoms with Gasteiger partial charge in [-0.1, -0.05) is 48.5 Å². The summed E-state index contributed by atoms with van der Waals surface area (Å²) in [5.74, 6) is -0.110. The van der Waals surface area contributed by atoms with Crippen LogP contribution >= 0.6 is 0 Å². The van der Waals surface area contributed by atoms with E-state index in [0.717, 1.165) is 32.1 Å². The molecule has 2 aliphatic carbocycles. The van der Waals surface area contributed by atoms with Gasteiger partial charge in [-0.15, -0.1) is 0 Å². The minimum atomic E-state index is -0.754. The predicted octanol–water partition coefficient (Wildman–Crippen LogP) is 5.11. The number of rotatable bonds is 11. The molecule has 3 unspecified atom stereocenters. The maximum Gasteiger partial charge on any atom is 0.306 e. The molecule has 2 aliphatic rings. The summed E-state index contributed by atoms with van der Waals surface area (Å²) in [5.41, 5.74) is -0.380. The summed E-state index contributed by atoms with van der Waals surface area (Å²) in [6.07, 6.45) is 5.19. The summed E-state index contributed by atoms with van der Waals surface area (Å²) in [6, 6.07) is 0. The second-order valence-electron chi connectivity index (χ2n) is 12.1. The van der Waals surface area contributed by atoms with Crippen molar-refractivity contribution in [3.63, 3.8) is 0 Å². The third-order valence-electron chi connectivity index (χ3n) is 9.80. The summed E-state index contributed by atoms with van der Waals surface area (Å²) < 4.78 is 0. The fourth-order valence-corrected chi connectivity index (χ4v) is 7.59. The van der Waals surface area contributed by atoms with E-state index in [9.17, 15) is 25.2 Å².